The molecule has 136 valence electrons. The Hall–Kier alpha value is -3.02. The highest BCUT2D eigenvalue weighted by Crippen LogP contribution is 2.28. The topological polar surface area (TPSA) is 70.7 Å². The van der Waals surface area contributed by atoms with Crippen molar-refractivity contribution >= 4 is 10.9 Å². The molecule has 0 aliphatic rings. The standard InChI is InChI=1S/C20H21NO5/c1-3-4-11-25-17-10-9-14(12-18(17)24-2)13-21-16-8-6-5-7-15(16)19(22)26-20(21)23/h5-10,12H,3-4,11,13H2,1-2H3. The predicted molar refractivity (Wildman–Crippen MR) is 99.2 cm³/mol. The molecule has 6 heteroatoms. The average molecular weight is 355 g/mol. The van der Waals surface area contributed by atoms with Crippen molar-refractivity contribution < 1.29 is 13.9 Å². The van der Waals surface area contributed by atoms with Crippen LogP contribution in [0.15, 0.2) is 56.5 Å². The van der Waals surface area contributed by atoms with Crippen LogP contribution in [0.3, 0.4) is 0 Å². The summed E-state index contributed by atoms with van der Waals surface area (Å²) in [6.45, 7) is 2.98. The van der Waals surface area contributed by atoms with Crippen LogP contribution in [-0.2, 0) is 6.54 Å². The van der Waals surface area contributed by atoms with Gasteiger partial charge in [-0.05, 0) is 36.2 Å². The molecule has 0 bridgehead atoms. The fourth-order valence-electron chi connectivity index (χ4n) is 2.76. The first-order valence-corrected chi connectivity index (χ1v) is 8.56. The van der Waals surface area contributed by atoms with Crippen molar-refractivity contribution in [3.05, 3.63) is 69.0 Å². The van der Waals surface area contributed by atoms with Crippen LogP contribution in [0.2, 0.25) is 0 Å². The van der Waals surface area contributed by atoms with Crippen molar-refractivity contribution in [1.29, 1.82) is 0 Å². The number of benzene rings is 2. The third-order valence-electron chi connectivity index (χ3n) is 4.14. The highest BCUT2D eigenvalue weighted by molar-refractivity contribution is 5.77. The van der Waals surface area contributed by atoms with Crippen LogP contribution in [0.25, 0.3) is 10.9 Å². The SMILES string of the molecule is CCCCOc1ccc(Cn2c(=O)oc(=O)c3ccccc32)cc1OC. The van der Waals surface area contributed by atoms with Crippen LogP contribution < -0.4 is 20.9 Å². The first kappa shape index (κ1) is 17.8. The van der Waals surface area contributed by atoms with Gasteiger partial charge >= 0.3 is 11.4 Å². The number of fused-ring (bicyclic) bond motifs is 1. The Morgan fingerprint density at radius 1 is 1.08 bits per heavy atom. The van der Waals surface area contributed by atoms with E-state index in [0.29, 0.717) is 29.0 Å². The van der Waals surface area contributed by atoms with Crippen LogP contribution in [0.1, 0.15) is 25.3 Å². The highest BCUT2D eigenvalue weighted by atomic mass is 16.5. The van der Waals surface area contributed by atoms with Crippen LogP contribution in [0.4, 0.5) is 0 Å². The van der Waals surface area contributed by atoms with Gasteiger partial charge in [-0.2, -0.15) is 0 Å². The van der Waals surface area contributed by atoms with Gasteiger partial charge in [0, 0.05) is 0 Å². The summed E-state index contributed by atoms with van der Waals surface area (Å²) in [4.78, 5) is 24.1. The molecular formula is C20H21NO5. The molecule has 2 aromatic carbocycles. The first-order valence-electron chi connectivity index (χ1n) is 8.56. The summed E-state index contributed by atoms with van der Waals surface area (Å²) in [6.07, 6.45) is 2.02. The van der Waals surface area contributed by atoms with E-state index in [4.69, 9.17) is 13.9 Å². The minimum absolute atomic E-state index is 0.259. The Balaban J connectivity index is 1.96. The minimum Gasteiger partial charge on any atom is -0.493 e. The maximum atomic E-state index is 12.2. The number of methoxy groups -OCH3 is 1. The van der Waals surface area contributed by atoms with Gasteiger partial charge in [-0.3, -0.25) is 4.57 Å². The quantitative estimate of drug-likeness (QED) is 0.609. The Labute approximate surface area is 150 Å². The summed E-state index contributed by atoms with van der Waals surface area (Å²) in [5.41, 5.74) is 0.751. The lowest BCUT2D eigenvalue weighted by molar-refractivity contribution is 0.288. The summed E-state index contributed by atoms with van der Waals surface area (Å²) in [6, 6.07) is 12.4. The van der Waals surface area contributed by atoms with Crippen molar-refractivity contribution in [3.8, 4) is 11.5 Å². The number of nitrogens with zero attached hydrogens (tertiary/aromatic N) is 1. The minimum atomic E-state index is -0.684. The summed E-state index contributed by atoms with van der Waals surface area (Å²) in [5, 5.41) is 0.374. The van der Waals surface area contributed by atoms with Crippen molar-refractivity contribution in [2.75, 3.05) is 13.7 Å². The number of unbranched alkanes of at least 4 members (excludes halogenated alkanes) is 1. The lowest BCUT2D eigenvalue weighted by Crippen LogP contribution is -2.25. The van der Waals surface area contributed by atoms with Gasteiger partial charge in [-0.15, -0.1) is 0 Å². The smallest absolute Gasteiger partial charge is 0.422 e. The molecule has 6 nitrogen and oxygen atoms in total. The van der Waals surface area contributed by atoms with E-state index in [0.717, 1.165) is 18.4 Å². The largest absolute Gasteiger partial charge is 0.493 e. The molecule has 1 aromatic heterocycles. The number of ether oxygens (including phenoxy) is 2. The Morgan fingerprint density at radius 2 is 1.88 bits per heavy atom. The molecule has 0 amide bonds. The van der Waals surface area contributed by atoms with E-state index >= 15 is 0 Å². The number of hydrogen-bond donors (Lipinski definition) is 0. The molecule has 0 aliphatic heterocycles. The van der Waals surface area contributed by atoms with E-state index in [1.165, 1.54) is 4.57 Å². The van der Waals surface area contributed by atoms with E-state index in [1.54, 1.807) is 31.4 Å². The van der Waals surface area contributed by atoms with E-state index in [9.17, 15) is 9.59 Å². The molecule has 0 aliphatic carbocycles. The van der Waals surface area contributed by atoms with Crippen molar-refractivity contribution in [3.63, 3.8) is 0 Å². The van der Waals surface area contributed by atoms with Gasteiger partial charge in [0.25, 0.3) is 0 Å². The summed E-state index contributed by atoms with van der Waals surface area (Å²) < 4.78 is 17.4. The van der Waals surface area contributed by atoms with Gasteiger partial charge in [-0.1, -0.05) is 31.5 Å². The highest BCUT2D eigenvalue weighted by Gasteiger charge is 2.11. The molecule has 0 saturated heterocycles. The van der Waals surface area contributed by atoms with Gasteiger partial charge < -0.3 is 13.9 Å². The number of aromatic nitrogens is 1. The number of para-hydroxylation sites is 1. The number of rotatable bonds is 7. The average Bonchev–Trinajstić information content (AvgIpc) is 2.66. The lowest BCUT2D eigenvalue weighted by Gasteiger charge is -2.13. The van der Waals surface area contributed by atoms with Gasteiger partial charge in [-0.25, -0.2) is 9.59 Å². The maximum absolute atomic E-state index is 12.2. The van der Waals surface area contributed by atoms with Crippen LogP contribution >= 0.6 is 0 Å². The van der Waals surface area contributed by atoms with Crippen molar-refractivity contribution in [1.82, 2.24) is 4.57 Å². The summed E-state index contributed by atoms with van der Waals surface area (Å²) in [5.74, 6) is 0.589. The Kier molecular flexibility index (Phi) is 5.41. The van der Waals surface area contributed by atoms with Gasteiger partial charge in [0.15, 0.2) is 11.5 Å². The van der Waals surface area contributed by atoms with E-state index in [-0.39, 0.29) is 6.54 Å². The summed E-state index contributed by atoms with van der Waals surface area (Å²) in [7, 11) is 1.58. The second kappa shape index (κ2) is 7.91. The Morgan fingerprint density at radius 3 is 2.65 bits per heavy atom. The predicted octanol–water partition coefficient (Wildman–Crippen LogP) is 3.19. The molecule has 3 aromatic rings. The molecule has 0 fully saturated rings. The molecule has 1 heterocycles. The molecule has 0 N–H and O–H groups in total. The van der Waals surface area contributed by atoms with Crippen LogP contribution in [-0.4, -0.2) is 18.3 Å². The van der Waals surface area contributed by atoms with Gasteiger partial charge in [0.2, 0.25) is 0 Å². The maximum Gasteiger partial charge on any atom is 0.422 e. The molecule has 0 radical (unpaired) electrons. The molecule has 3 rings (SSSR count). The molecule has 26 heavy (non-hydrogen) atoms. The monoisotopic (exact) mass is 355 g/mol. The zero-order valence-corrected chi connectivity index (χ0v) is 14.9. The van der Waals surface area contributed by atoms with E-state index < -0.39 is 11.4 Å². The van der Waals surface area contributed by atoms with E-state index in [1.807, 2.05) is 18.2 Å². The van der Waals surface area contributed by atoms with Crippen LogP contribution in [0, 0.1) is 0 Å². The second-order valence-electron chi connectivity index (χ2n) is 5.95. The Bertz CT molecular complexity index is 1020. The summed E-state index contributed by atoms with van der Waals surface area (Å²) >= 11 is 0. The molecule has 0 saturated carbocycles. The normalized spacial score (nSPS) is 10.8. The molecule has 0 spiro atoms. The molecule has 0 unspecified atom stereocenters. The lowest BCUT2D eigenvalue weighted by atomic mass is 10.2. The third kappa shape index (κ3) is 3.64. The zero-order valence-electron chi connectivity index (χ0n) is 14.9. The first-order chi connectivity index (χ1) is 12.6. The van der Waals surface area contributed by atoms with Crippen molar-refractivity contribution in [2.24, 2.45) is 0 Å². The second-order valence-corrected chi connectivity index (χ2v) is 5.95. The molecular weight excluding hydrogens is 334 g/mol. The van der Waals surface area contributed by atoms with E-state index in [2.05, 4.69) is 6.92 Å². The fourth-order valence-corrected chi connectivity index (χ4v) is 2.76. The fraction of sp³-hybridized carbons (Fsp3) is 0.300. The molecule has 0 atom stereocenters. The number of hydrogen-bond acceptors (Lipinski definition) is 5. The van der Waals surface area contributed by atoms with Crippen LogP contribution in [0.5, 0.6) is 11.5 Å². The zero-order chi connectivity index (χ0) is 18.5. The third-order valence-corrected chi connectivity index (χ3v) is 4.14. The van der Waals surface area contributed by atoms with Crippen molar-refractivity contribution in [2.45, 2.75) is 26.3 Å². The van der Waals surface area contributed by atoms with Gasteiger partial charge in [0.05, 0.1) is 31.2 Å². The van der Waals surface area contributed by atoms with Gasteiger partial charge in [0.1, 0.15) is 0 Å².